The van der Waals surface area contributed by atoms with Gasteiger partial charge in [-0.25, -0.2) is 9.80 Å². The van der Waals surface area contributed by atoms with Crippen molar-refractivity contribution in [2.75, 3.05) is 19.6 Å². The smallest absolute Gasteiger partial charge is 0.335 e. The van der Waals surface area contributed by atoms with Gasteiger partial charge < -0.3 is 10.2 Å². The molecule has 6 nitrogen and oxygen atoms in total. The van der Waals surface area contributed by atoms with E-state index in [1.807, 2.05) is 35.3 Å². The van der Waals surface area contributed by atoms with Crippen molar-refractivity contribution >= 4 is 11.9 Å². The van der Waals surface area contributed by atoms with E-state index in [1.165, 1.54) is 5.56 Å². The van der Waals surface area contributed by atoms with Crippen molar-refractivity contribution in [3.63, 3.8) is 0 Å². The minimum absolute atomic E-state index is 0.118. The molecule has 6 heteroatoms. The molecule has 1 saturated carbocycles. The zero-order chi connectivity index (χ0) is 21.8. The first-order chi connectivity index (χ1) is 15.0. The van der Waals surface area contributed by atoms with Gasteiger partial charge in [-0.3, -0.25) is 9.80 Å². The number of hydrazine groups is 1. The SMILES string of the molecule is O=C(O)c1ccc(CCN2C(=O)CCCN2CCC(O)C2(c3ccccc3)CC2)cc1. The summed E-state index contributed by atoms with van der Waals surface area (Å²) in [6.45, 7) is 2.03. The highest BCUT2D eigenvalue weighted by molar-refractivity contribution is 5.87. The summed E-state index contributed by atoms with van der Waals surface area (Å²) in [6.07, 6.45) is 4.27. The quantitative estimate of drug-likeness (QED) is 0.648. The second-order valence-electron chi connectivity index (χ2n) is 8.65. The predicted octanol–water partition coefficient (Wildman–Crippen LogP) is 3.25. The number of aromatic carboxylic acids is 1. The number of rotatable bonds is 9. The molecule has 0 radical (unpaired) electrons. The second kappa shape index (κ2) is 9.20. The van der Waals surface area contributed by atoms with Crippen molar-refractivity contribution in [1.82, 2.24) is 10.0 Å². The van der Waals surface area contributed by atoms with E-state index in [9.17, 15) is 14.7 Å². The van der Waals surface area contributed by atoms with Crippen molar-refractivity contribution in [3.05, 3.63) is 71.3 Å². The van der Waals surface area contributed by atoms with E-state index < -0.39 is 12.1 Å². The minimum atomic E-state index is -0.938. The Balaban J connectivity index is 1.35. The molecule has 0 bridgehead atoms. The summed E-state index contributed by atoms with van der Waals surface area (Å²) < 4.78 is 0. The van der Waals surface area contributed by atoms with E-state index in [0.29, 0.717) is 32.4 Å². The zero-order valence-electron chi connectivity index (χ0n) is 17.7. The van der Waals surface area contributed by atoms with Crippen molar-refractivity contribution in [2.24, 2.45) is 0 Å². The molecule has 1 atom stereocenters. The molecule has 2 fully saturated rings. The normalized spacial score (nSPS) is 19.3. The van der Waals surface area contributed by atoms with Crippen LogP contribution in [0.1, 0.15) is 53.6 Å². The molecule has 2 N–H and O–H groups in total. The summed E-state index contributed by atoms with van der Waals surface area (Å²) in [6, 6.07) is 17.1. The highest BCUT2D eigenvalue weighted by Gasteiger charge is 2.50. The Bertz CT molecular complexity index is 909. The molecule has 1 unspecified atom stereocenters. The maximum Gasteiger partial charge on any atom is 0.335 e. The second-order valence-corrected chi connectivity index (χ2v) is 8.65. The topological polar surface area (TPSA) is 81.1 Å². The van der Waals surface area contributed by atoms with Crippen LogP contribution in [0.5, 0.6) is 0 Å². The number of amides is 1. The largest absolute Gasteiger partial charge is 0.478 e. The average molecular weight is 423 g/mol. The Hall–Kier alpha value is -2.70. The Morgan fingerprint density at radius 3 is 2.39 bits per heavy atom. The lowest BCUT2D eigenvalue weighted by Crippen LogP contribution is -2.52. The number of aliphatic hydroxyl groups excluding tert-OH is 1. The molecule has 4 rings (SSSR count). The van der Waals surface area contributed by atoms with Gasteiger partial charge in [0.15, 0.2) is 0 Å². The Kier molecular flexibility index (Phi) is 6.39. The first-order valence-electron chi connectivity index (χ1n) is 11.1. The van der Waals surface area contributed by atoms with Crippen molar-refractivity contribution in [2.45, 2.75) is 50.0 Å². The van der Waals surface area contributed by atoms with E-state index in [2.05, 4.69) is 17.1 Å². The van der Waals surface area contributed by atoms with E-state index in [0.717, 1.165) is 31.4 Å². The first kappa shape index (κ1) is 21.5. The number of aliphatic hydroxyl groups is 1. The molecule has 1 heterocycles. The highest BCUT2D eigenvalue weighted by Crippen LogP contribution is 2.51. The Morgan fingerprint density at radius 2 is 1.74 bits per heavy atom. The molecular formula is C25H30N2O4. The number of hydrogen-bond acceptors (Lipinski definition) is 4. The molecule has 2 aromatic carbocycles. The van der Waals surface area contributed by atoms with Crippen molar-refractivity contribution < 1.29 is 19.8 Å². The van der Waals surface area contributed by atoms with Crippen LogP contribution in [0, 0.1) is 0 Å². The Labute approximate surface area is 183 Å². The van der Waals surface area contributed by atoms with Crippen molar-refractivity contribution in [1.29, 1.82) is 0 Å². The molecule has 2 aliphatic rings. The van der Waals surface area contributed by atoms with Gasteiger partial charge in [-0.1, -0.05) is 42.5 Å². The van der Waals surface area contributed by atoms with Gasteiger partial charge in [0.05, 0.1) is 11.7 Å². The van der Waals surface area contributed by atoms with Gasteiger partial charge in [-0.2, -0.15) is 0 Å². The molecule has 0 spiro atoms. The fraction of sp³-hybridized carbons (Fsp3) is 0.440. The van der Waals surface area contributed by atoms with Crippen LogP contribution in [-0.4, -0.2) is 57.8 Å². The number of carbonyl (C=O) groups is 2. The van der Waals surface area contributed by atoms with Gasteiger partial charge in [0.2, 0.25) is 5.91 Å². The molecule has 31 heavy (non-hydrogen) atoms. The van der Waals surface area contributed by atoms with Crippen LogP contribution in [0.2, 0.25) is 0 Å². The van der Waals surface area contributed by atoms with E-state index in [1.54, 1.807) is 12.1 Å². The number of benzene rings is 2. The maximum absolute atomic E-state index is 12.6. The number of carboxylic acid groups (broad SMARTS) is 1. The van der Waals surface area contributed by atoms with Crippen LogP contribution in [0.25, 0.3) is 0 Å². The van der Waals surface area contributed by atoms with Gasteiger partial charge in [-0.15, -0.1) is 0 Å². The van der Waals surface area contributed by atoms with Gasteiger partial charge >= 0.3 is 5.97 Å². The molecular weight excluding hydrogens is 392 g/mol. The minimum Gasteiger partial charge on any atom is -0.478 e. The maximum atomic E-state index is 12.6. The van der Waals surface area contributed by atoms with Crippen LogP contribution in [0.3, 0.4) is 0 Å². The highest BCUT2D eigenvalue weighted by atomic mass is 16.4. The molecule has 0 aromatic heterocycles. The van der Waals surface area contributed by atoms with Gasteiger partial charge in [0.1, 0.15) is 0 Å². The summed E-state index contributed by atoms with van der Waals surface area (Å²) in [5.41, 5.74) is 2.35. The summed E-state index contributed by atoms with van der Waals surface area (Å²) in [4.78, 5) is 23.6. The fourth-order valence-electron chi connectivity index (χ4n) is 4.63. The predicted molar refractivity (Wildman–Crippen MR) is 118 cm³/mol. The van der Waals surface area contributed by atoms with Crippen molar-refractivity contribution in [3.8, 4) is 0 Å². The lowest BCUT2D eigenvalue weighted by Gasteiger charge is -2.39. The van der Waals surface area contributed by atoms with E-state index >= 15 is 0 Å². The fourth-order valence-corrected chi connectivity index (χ4v) is 4.63. The molecule has 2 aromatic rings. The molecule has 1 amide bonds. The number of hydrogen-bond donors (Lipinski definition) is 2. The third-order valence-corrected chi connectivity index (χ3v) is 6.69. The average Bonchev–Trinajstić information content (AvgIpc) is 3.60. The third kappa shape index (κ3) is 4.81. The number of carbonyl (C=O) groups excluding carboxylic acids is 1. The number of nitrogens with zero attached hydrogens (tertiary/aromatic N) is 2. The van der Waals surface area contributed by atoms with E-state index in [-0.39, 0.29) is 16.9 Å². The molecule has 164 valence electrons. The lowest BCUT2D eigenvalue weighted by molar-refractivity contribution is -0.156. The zero-order valence-corrected chi connectivity index (χ0v) is 17.7. The van der Waals surface area contributed by atoms with Crippen LogP contribution >= 0.6 is 0 Å². The van der Waals surface area contributed by atoms with Gasteiger partial charge in [0.25, 0.3) is 0 Å². The van der Waals surface area contributed by atoms with Crippen LogP contribution in [0.15, 0.2) is 54.6 Å². The summed E-state index contributed by atoms with van der Waals surface area (Å²) >= 11 is 0. The lowest BCUT2D eigenvalue weighted by atomic mass is 9.88. The van der Waals surface area contributed by atoms with Crippen LogP contribution < -0.4 is 0 Å². The summed E-state index contributed by atoms with van der Waals surface area (Å²) in [7, 11) is 0. The molecule has 1 aliphatic heterocycles. The summed E-state index contributed by atoms with van der Waals surface area (Å²) in [5.74, 6) is -0.821. The number of carboxylic acids is 1. The Morgan fingerprint density at radius 1 is 1.03 bits per heavy atom. The molecule has 1 saturated heterocycles. The van der Waals surface area contributed by atoms with Crippen LogP contribution in [0.4, 0.5) is 0 Å². The first-order valence-corrected chi connectivity index (χ1v) is 11.1. The standard InChI is InChI=1S/C25H30N2O4/c28-22(25(14-15-25)21-5-2-1-3-6-21)13-17-26-16-4-7-23(29)27(26)18-12-19-8-10-20(11-9-19)24(30)31/h1-3,5-6,8-11,22,28H,4,7,12-18H2,(H,30,31). The van der Waals surface area contributed by atoms with Gasteiger partial charge in [0, 0.05) is 31.5 Å². The van der Waals surface area contributed by atoms with Gasteiger partial charge in [-0.05, 0) is 55.4 Å². The van der Waals surface area contributed by atoms with E-state index in [4.69, 9.17) is 5.11 Å². The van der Waals surface area contributed by atoms with Crippen LogP contribution in [-0.2, 0) is 16.6 Å². The monoisotopic (exact) mass is 422 g/mol. The molecule has 1 aliphatic carbocycles. The third-order valence-electron chi connectivity index (χ3n) is 6.69. The summed E-state index contributed by atoms with van der Waals surface area (Å²) in [5, 5.41) is 23.9.